The van der Waals surface area contributed by atoms with Crippen molar-refractivity contribution in [1.29, 1.82) is 0 Å². The summed E-state index contributed by atoms with van der Waals surface area (Å²) < 4.78 is 0.850. The average molecular weight is 240 g/mol. The molecule has 0 saturated carbocycles. The van der Waals surface area contributed by atoms with Crippen LogP contribution in [-0.2, 0) is 6.42 Å². The van der Waals surface area contributed by atoms with E-state index in [4.69, 9.17) is 11.6 Å². The first-order valence-corrected chi connectivity index (χ1v) is 6.10. The van der Waals surface area contributed by atoms with Crippen LogP contribution in [0.3, 0.4) is 0 Å². The van der Waals surface area contributed by atoms with Crippen molar-refractivity contribution in [3.8, 4) is 0 Å². The number of aromatic nitrogens is 2. The minimum atomic E-state index is 0.152. The molecule has 3 heterocycles. The monoisotopic (exact) mass is 239 g/mol. The van der Waals surface area contributed by atoms with E-state index in [9.17, 15) is 0 Å². The van der Waals surface area contributed by atoms with Crippen LogP contribution < -0.4 is 5.32 Å². The van der Waals surface area contributed by atoms with Gasteiger partial charge in [-0.2, -0.15) is 0 Å². The Bertz CT molecular complexity index is 476. The van der Waals surface area contributed by atoms with Crippen LogP contribution in [0.25, 0.3) is 0 Å². The topological polar surface area (TPSA) is 40.7 Å². The second kappa shape index (κ2) is 3.63. The summed E-state index contributed by atoms with van der Waals surface area (Å²) in [7, 11) is 0. The average Bonchev–Trinajstić information content (AvgIpc) is 2.85. The van der Waals surface area contributed by atoms with Crippen molar-refractivity contribution in [2.45, 2.75) is 12.5 Å². The summed E-state index contributed by atoms with van der Waals surface area (Å²) in [5, 5.41) is 5.46. The van der Waals surface area contributed by atoms with Gasteiger partial charge in [-0.15, -0.1) is 11.3 Å². The lowest BCUT2D eigenvalue weighted by atomic mass is 10.0. The van der Waals surface area contributed by atoms with E-state index in [1.54, 1.807) is 17.7 Å². The molecule has 2 aromatic heterocycles. The Morgan fingerprint density at radius 1 is 1.53 bits per heavy atom. The van der Waals surface area contributed by atoms with Crippen molar-refractivity contribution in [2.24, 2.45) is 0 Å². The highest BCUT2D eigenvalue weighted by molar-refractivity contribution is 7.14. The molecule has 0 amide bonds. The molecule has 78 valence electrons. The molecule has 2 N–H and O–H groups in total. The Hall–Kier alpha value is -0.840. The fourth-order valence-electron chi connectivity index (χ4n) is 1.99. The highest BCUT2D eigenvalue weighted by Crippen LogP contribution is 2.33. The molecule has 0 aromatic carbocycles. The molecule has 0 bridgehead atoms. The third-order valence-corrected chi connectivity index (χ3v) is 3.91. The first-order valence-electron chi connectivity index (χ1n) is 4.84. The van der Waals surface area contributed by atoms with E-state index in [0.717, 1.165) is 28.6 Å². The summed E-state index contributed by atoms with van der Waals surface area (Å²) in [5.41, 5.74) is 3.44. The molecule has 3 rings (SSSR count). The molecular formula is C10H10ClN3S. The van der Waals surface area contributed by atoms with Gasteiger partial charge in [0.25, 0.3) is 0 Å². The summed E-state index contributed by atoms with van der Waals surface area (Å²) in [4.78, 5) is 7.54. The maximum atomic E-state index is 6.15. The summed E-state index contributed by atoms with van der Waals surface area (Å²) in [6, 6.07) is 2.22. The predicted octanol–water partition coefficient (Wildman–Crippen LogP) is 2.36. The normalized spacial score (nSPS) is 20.2. The van der Waals surface area contributed by atoms with Gasteiger partial charge in [-0.1, -0.05) is 11.6 Å². The van der Waals surface area contributed by atoms with Crippen LogP contribution in [0.15, 0.2) is 17.8 Å². The second-order valence-corrected chi connectivity index (χ2v) is 5.07. The molecule has 0 spiro atoms. The van der Waals surface area contributed by atoms with Crippen molar-refractivity contribution in [1.82, 2.24) is 15.3 Å². The van der Waals surface area contributed by atoms with Crippen LogP contribution in [0.1, 0.15) is 23.0 Å². The number of thiophene rings is 1. The SMILES string of the molecule is Clc1sccc1C1NCCc2[nH]cnc21. The van der Waals surface area contributed by atoms with E-state index in [1.807, 2.05) is 5.38 Å². The summed E-state index contributed by atoms with van der Waals surface area (Å²) in [6.07, 6.45) is 2.76. The molecule has 5 heteroatoms. The molecule has 1 atom stereocenters. The Labute approximate surface area is 96.5 Å². The highest BCUT2D eigenvalue weighted by atomic mass is 35.5. The quantitative estimate of drug-likeness (QED) is 0.802. The van der Waals surface area contributed by atoms with Gasteiger partial charge in [0.05, 0.1) is 22.4 Å². The number of aromatic amines is 1. The number of nitrogens with zero attached hydrogens (tertiary/aromatic N) is 1. The van der Waals surface area contributed by atoms with Crippen LogP contribution in [0.4, 0.5) is 0 Å². The smallest absolute Gasteiger partial charge is 0.0980 e. The van der Waals surface area contributed by atoms with E-state index >= 15 is 0 Å². The second-order valence-electron chi connectivity index (χ2n) is 3.55. The maximum Gasteiger partial charge on any atom is 0.0980 e. The molecule has 0 fully saturated rings. The first-order chi connectivity index (χ1) is 7.36. The standard InChI is InChI=1S/C10H10ClN3S/c11-10-6(2-4-15-10)8-9-7(1-3-12-8)13-5-14-9/h2,4-5,8,12H,1,3H2,(H,13,14). The van der Waals surface area contributed by atoms with Gasteiger partial charge in [-0.05, 0) is 11.4 Å². The molecule has 2 aromatic rings. The van der Waals surface area contributed by atoms with E-state index in [1.165, 1.54) is 5.69 Å². The number of H-pyrrole nitrogens is 1. The van der Waals surface area contributed by atoms with Crippen molar-refractivity contribution in [3.63, 3.8) is 0 Å². The first kappa shape index (κ1) is 9.39. The van der Waals surface area contributed by atoms with E-state index < -0.39 is 0 Å². The van der Waals surface area contributed by atoms with Gasteiger partial charge in [0, 0.05) is 24.2 Å². The van der Waals surface area contributed by atoms with Crippen molar-refractivity contribution in [2.75, 3.05) is 6.54 Å². The Balaban J connectivity index is 2.07. The molecule has 3 nitrogen and oxygen atoms in total. The predicted molar refractivity (Wildman–Crippen MR) is 61.5 cm³/mol. The number of nitrogens with one attached hydrogen (secondary N) is 2. The van der Waals surface area contributed by atoms with E-state index in [0.29, 0.717) is 0 Å². The number of rotatable bonds is 1. The van der Waals surface area contributed by atoms with Gasteiger partial charge in [-0.25, -0.2) is 4.98 Å². The van der Waals surface area contributed by atoms with Gasteiger partial charge in [0.2, 0.25) is 0 Å². The maximum absolute atomic E-state index is 6.15. The molecule has 1 aliphatic rings. The highest BCUT2D eigenvalue weighted by Gasteiger charge is 2.25. The zero-order chi connectivity index (χ0) is 10.3. The van der Waals surface area contributed by atoms with Gasteiger partial charge in [-0.3, -0.25) is 0 Å². The minimum Gasteiger partial charge on any atom is -0.348 e. The van der Waals surface area contributed by atoms with Gasteiger partial charge in [0.15, 0.2) is 0 Å². The molecule has 1 unspecified atom stereocenters. The Kier molecular flexibility index (Phi) is 2.27. The largest absolute Gasteiger partial charge is 0.348 e. The molecule has 0 radical (unpaired) electrons. The lowest BCUT2D eigenvalue weighted by Gasteiger charge is -2.22. The van der Waals surface area contributed by atoms with Gasteiger partial charge >= 0.3 is 0 Å². The number of imidazole rings is 1. The van der Waals surface area contributed by atoms with Crippen LogP contribution in [0.5, 0.6) is 0 Å². The third-order valence-electron chi connectivity index (χ3n) is 2.71. The molecule has 0 aliphatic carbocycles. The van der Waals surface area contributed by atoms with Crippen LogP contribution in [0, 0.1) is 0 Å². The zero-order valence-electron chi connectivity index (χ0n) is 7.96. The zero-order valence-corrected chi connectivity index (χ0v) is 9.53. The summed E-state index contributed by atoms with van der Waals surface area (Å²) >= 11 is 7.71. The van der Waals surface area contributed by atoms with Crippen LogP contribution in [0.2, 0.25) is 4.34 Å². The van der Waals surface area contributed by atoms with Crippen molar-refractivity contribution < 1.29 is 0 Å². The number of hydrogen-bond acceptors (Lipinski definition) is 3. The van der Waals surface area contributed by atoms with Crippen LogP contribution in [-0.4, -0.2) is 16.5 Å². The summed E-state index contributed by atoms with van der Waals surface area (Å²) in [5.74, 6) is 0. The fraction of sp³-hybridized carbons (Fsp3) is 0.300. The van der Waals surface area contributed by atoms with E-state index in [2.05, 4.69) is 21.4 Å². The number of fused-ring (bicyclic) bond motifs is 1. The third kappa shape index (κ3) is 1.49. The van der Waals surface area contributed by atoms with Crippen molar-refractivity contribution in [3.05, 3.63) is 39.1 Å². The Morgan fingerprint density at radius 2 is 2.47 bits per heavy atom. The van der Waals surface area contributed by atoms with Gasteiger partial charge < -0.3 is 10.3 Å². The molecule has 15 heavy (non-hydrogen) atoms. The van der Waals surface area contributed by atoms with Crippen LogP contribution >= 0.6 is 22.9 Å². The minimum absolute atomic E-state index is 0.152. The van der Waals surface area contributed by atoms with Gasteiger partial charge in [0.1, 0.15) is 0 Å². The fourth-order valence-corrected chi connectivity index (χ4v) is 2.97. The molecular weight excluding hydrogens is 230 g/mol. The number of halogens is 1. The van der Waals surface area contributed by atoms with Crippen molar-refractivity contribution >= 4 is 22.9 Å². The Morgan fingerprint density at radius 3 is 3.27 bits per heavy atom. The van der Waals surface area contributed by atoms with E-state index in [-0.39, 0.29) is 6.04 Å². The lowest BCUT2D eigenvalue weighted by molar-refractivity contribution is 0.555. The lowest BCUT2D eigenvalue weighted by Crippen LogP contribution is -2.30. The molecule has 1 aliphatic heterocycles. The summed E-state index contributed by atoms with van der Waals surface area (Å²) in [6.45, 7) is 0.964. The molecule has 0 saturated heterocycles. The number of hydrogen-bond donors (Lipinski definition) is 2.